The molecule has 4 nitrogen and oxygen atoms in total. The summed E-state index contributed by atoms with van der Waals surface area (Å²) < 4.78 is 4.83. The molecule has 0 aromatic heterocycles. The van der Waals surface area contributed by atoms with Crippen LogP contribution in [0.1, 0.15) is 12.8 Å². The van der Waals surface area contributed by atoms with Gasteiger partial charge in [0.1, 0.15) is 0 Å². The molecular formula is C9H19NO3. The molecule has 1 heterocycles. The van der Waals surface area contributed by atoms with Crippen molar-refractivity contribution in [1.82, 2.24) is 4.90 Å². The summed E-state index contributed by atoms with van der Waals surface area (Å²) >= 11 is 0. The van der Waals surface area contributed by atoms with E-state index >= 15 is 0 Å². The predicted molar refractivity (Wildman–Crippen MR) is 49.6 cm³/mol. The Hall–Kier alpha value is -0.160. The van der Waals surface area contributed by atoms with Gasteiger partial charge >= 0.3 is 0 Å². The van der Waals surface area contributed by atoms with Gasteiger partial charge in [0.15, 0.2) is 0 Å². The number of ether oxygens (including phenoxy) is 1. The highest BCUT2D eigenvalue weighted by Gasteiger charge is 2.19. The Morgan fingerprint density at radius 1 is 1.62 bits per heavy atom. The zero-order chi connectivity index (χ0) is 9.68. The molecule has 13 heavy (non-hydrogen) atoms. The lowest BCUT2D eigenvalue weighted by Crippen LogP contribution is -2.43. The van der Waals surface area contributed by atoms with Crippen molar-refractivity contribution in [2.75, 3.05) is 33.4 Å². The van der Waals surface area contributed by atoms with E-state index in [4.69, 9.17) is 4.74 Å². The molecule has 1 rings (SSSR count). The first kappa shape index (κ1) is 10.9. The van der Waals surface area contributed by atoms with Crippen LogP contribution in [-0.2, 0) is 4.74 Å². The highest BCUT2D eigenvalue weighted by Crippen LogP contribution is 2.09. The van der Waals surface area contributed by atoms with Crippen LogP contribution in [0.15, 0.2) is 0 Å². The van der Waals surface area contributed by atoms with Crippen LogP contribution in [-0.4, -0.2) is 60.7 Å². The Morgan fingerprint density at radius 2 is 2.38 bits per heavy atom. The van der Waals surface area contributed by atoms with Crippen LogP contribution in [0.4, 0.5) is 0 Å². The molecule has 1 saturated heterocycles. The van der Waals surface area contributed by atoms with Crippen molar-refractivity contribution in [2.24, 2.45) is 0 Å². The van der Waals surface area contributed by atoms with Crippen molar-refractivity contribution >= 4 is 0 Å². The van der Waals surface area contributed by atoms with Crippen LogP contribution in [0.3, 0.4) is 0 Å². The Balaban J connectivity index is 2.19. The topological polar surface area (TPSA) is 52.9 Å². The SMILES string of the molecule is COCC(O)CN1CCCC(O)C1. The summed E-state index contributed by atoms with van der Waals surface area (Å²) in [6, 6.07) is 0. The van der Waals surface area contributed by atoms with Crippen molar-refractivity contribution in [1.29, 1.82) is 0 Å². The largest absolute Gasteiger partial charge is 0.392 e. The molecule has 1 aliphatic rings. The molecular weight excluding hydrogens is 170 g/mol. The number of piperidine rings is 1. The minimum atomic E-state index is -0.435. The van der Waals surface area contributed by atoms with Crippen LogP contribution < -0.4 is 0 Å². The highest BCUT2D eigenvalue weighted by atomic mass is 16.5. The van der Waals surface area contributed by atoms with Gasteiger partial charge in [0.2, 0.25) is 0 Å². The summed E-state index contributed by atoms with van der Waals surface area (Å²) in [7, 11) is 1.58. The molecule has 1 aliphatic heterocycles. The van der Waals surface area contributed by atoms with E-state index in [2.05, 4.69) is 4.90 Å². The molecule has 0 spiro atoms. The second-order valence-electron chi connectivity index (χ2n) is 3.66. The van der Waals surface area contributed by atoms with E-state index in [1.807, 2.05) is 0 Å². The summed E-state index contributed by atoms with van der Waals surface area (Å²) in [5, 5.41) is 18.8. The number of methoxy groups -OCH3 is 1. The van der Waals surface area contributed by atoms with Gasteiger partial charge in [-0.2, -0.15) is 0 Å². The summed E-state index contributed by atoms with van der Waals surface area (Å²) in [4.78, 5) is 2.08. The average Bonchev–Trinajstić information content (AvgIpc) is 2.04. The summed E-state index contributed by atoms with van der Waals surface area (Å²) in [6.45, 7) is 2.62. The minimum Gasteiger partial charge on any atom is -0.392 e. The van der Waals surface area contributed by atoms with E-state index in [1.54, 1.807) is 7.11 Å². The summed E-state index contributed by atoms with van der Waals surface area (Å²) in [5.41, 5.74) is 0. The molecule has 2 unspecified atom stereocenters. The summed E-state index contributed by atoms with van der Waals surface area (Å²) in [6.07, 6.45) is 1.25. The van der Waals surface area contributed by atoms with E-state index in [-0.39, 0.29) is 6.10 Å². The number of hydrogen-bond donors (Lipinski definition) is 2. The molecule has 2 N–H and O–H groups in total. The maximum absolute atomic E-state index is 9.44. The lowest BCUT2D eigenvalue weighted by molar-refractivity contribution is 0.00964. The van der Waals surface area contributed by atoms with Gasteiger partial charge in [-0.05, 0) is 19.4 Å². The Morgan fingerprint density at radius 3 is 3.00 bits per heavy atom. The Kier molecular flexibility index (Phi) is 4.66. The first-order valence-electron chi connectivity index (χ1n) is 4.79. The van der Waals surface area contributed by atoms with Gasteiger partial charge in [-0.3, -0.25) is 4.90 Å². The molecule has 0 radical (unpaired) electrons. The summed E-state index contributed by atoms with van der Waals surface area (Å²) in [5.74, 6) is 0. The van der Waals surface area contributed by atoms with E-state index < -0.39 is 6.10 Å². The highest BCUT2D eigenvalue weighted by molar-refractivity contribution is 4.73. The average molecular weight is 189 g/mol. The van der Waals surface area contributed by atoms with Crippen LogP contribution in [0, 0.1) is 0 Å². The zero-order valence-electron chi connectivity index (χ0n) is 8.15. The smallest absolute Gasteiger partial charge is 0.0900 e. The number of rotatable bonds is 4. The molecule has 0 aliphatic carbocycles. The van der Waals surface area contributed by atoms with Gasteiger partial charge in [-0.15, -0.1) is 0 Å². The van der Waals surface area contributed by atoms with Gasteiger partial charge in [-0.1, -0.05) is 0 Å². The zero-order valence-corrected chi connectivity index (χ0v) is 8.15. The van der Waals surface area contributed by atoms with Gasteiger partial charge in [-0.25, -0.2) is 0 Å². The fourth-order valence-corrected chi connectivity index (χ4v) is 1.74. The lowest BCUT2D eigenvalue weighted by Gasteiger charge is -2.31. The fourth-order valence-electron chi connectivity index (χ4n) is 1.74. The van der Waals surface area contributed by atoms with E-state index in [9.17, 15) is 10.2 Å². The van der Waals surface area contributed by atoms with Crippen molar-refractivity contribution in [3.63, 3.8) is 0 Å². The molecule has 78 valence electrons. The normalized spacial score (nSPS) is 27.5. The standard InChI is InChI=1S/C9H19NO3/c1-13-7-9(12)6-10-4-2-3-8(11)5-10/h8-9,11-12H,2-7H2,1H3. The molecule has 0 amide bonds. The van der Waals surface area contributed by atoms with E-state index in [1.165, 1.54) is 0 Å². The van der Waals surface area contributed by atoms with Crippen LogP contribution in [0.25, 0.3) is 0 Å². The van der Waals surface area contributed by atoms with Crippen molar-refractivity contribution < 1.29 is 14.9 Å². The predicted octanol–water partition coefficient (Wildman–Crippen LogP) is -0.550. The van der Waals surface area contributed by atoms with Crippen molar-refractivity contribution in [3.8, 4) is 0 Å². The number of nitrogens with zero attached hydrogens (tertiary/aromatic N) is 1. The van der Waals surface area contributed by atoms with Crippen molar-refractivity contribution in [3.05, 3.63) is 0 Å². The van der Waals surface area contributed by atoms with Gasteiger partial charge in [0.25, 0.3) is 0 Å². The molecule has 4 heteroatoms. The Labute approximate surface area is 79.1 Å². The molecule has 0 bridgehead atoms. The van der Waals surface area contributed by atoms with Gasteiger partial charge < -0.3 is 14.9 Å². The van der Waals surface area contributed by atoms with Gasteiger partial charge in [0.05, 0.1) is 18.8 Å². The fraction of sp³-hybridized carbons (Fsp3) is 1.00. The number of hydrogen-bond acceptors (Lipinski definition) is 4. The minimum absolute atomic E-state index is 0.219. The number of β-amino-alcohol motifs (C(OH)–C–C–N with tert-alkyl or cyclic N) is 2. The van der Waals surface area contributed by atoms with Gasteiger partial charge in [0, 0.05) is 20.2 Å². The second-order valence-corrected chi connectivity index (χ2v) is 3.66. The second kappa shape index (κ2) is 5.54. The molecule has 1 fully saturated rings. The lowest BCUT2D eigenvalue weighted by atomic mass is 10.1. The monoisotopic (exact) mass is 189 g/mol. The van der Waals surface area contributed by atoms with E-state index in [0.29, 0.717) is 19.7 Å². The van der Waals surface area contributed by atoms with Crippen LogP contribution in [0.5, 0.6) is 0 Å². The number of aliphatic hydroxyl groups is 2. The number of likely N-dealkylation sites (tertiary alicyclic amines) is 1. The molecule has 0 saturated carbocycles. The number of aliphatic hydroxyl groups excluding tert-OH is 2. The maximum Gasteiger partial charge on any atom is 0.0900 e. The van der Waals surface area contributed by atoms with Crippen LogP contribution >= 0.6 is 0 Å². The van der Waals surface area contributed by atoms with Crippen molar-refractivity contribution in [2.45, 2.75) is 25.0 Å². The quantitative estimate of drug-likeness (QED) is 0.623. The first-order chi connectivity index (χ1) is 6.22. The third-order valence-electron chi connectivity index (χ3n) is 2.31. The first-order valence-corrected chi connectivity index (χ1v) is 4.79. The Bertz CT molecular complexity index is 143. The van der Waals surface area contributed by atoms with Crippen LogP contribution in [0.2, 0.25) is 0 Å². The third kappa shape index (κ3) is 4.04. The molecule has 0 aromatic rings. The molecule has 0 aromatic carbocycles. The third-order valence-corrected chi connectivity index (χ3v) is 2.31. The van der Waals surface area contributed by atoms with E-state index in [0.717, 1.165) is 19.4 Å². The maximum atomic E-state index is 9.44. The molecule has 2 atom stereocenters.